The highest BCUT2D eigenvalue weighted by molar-refractivity contribution is 7.91. The number of sulfone groups is 1. The molecule has 1 saturated heterocycles. The molecule has 1 heterocycles. The zero-order valence-corrected chi connectivity index (χ0v) is 10.5. The predicted octanol–water partition coefficient (Wildman–Crippen LogP) is -1.52. The first-order chi connectivity index (χ1) is 7.94. The summed E-state index contributed by atoms with van der Waals surface area (Å²) in [5.41, 5.74) is 0. The van der Waals surface area contributed by atoms with E-state index in [-0.39, 0.29) is 11.5 Å². The highest BCUT2D eigenvalue weighted by atomic mass is 32.2. The van der Waals surface area contributed by atoms with E-state index in [0.29, 0.717) is 19.7 Å². The van der Waals surface area contributed by atoms with Crippen molar-refractivity contribution in [3.8, 4) is 0 Å². The van der Waals surface area contributed by atoms with Gasteiger partial charge in [0.2, 0.25) is 0 Å². The molecule has 2 atom stereocenters. The van der Waals surface area contributed by atoms with Crippen LogP contribution in [0.1, 0.15) is 6.92 Å². The van der Waals surface area contributed by atoms with Gasteiger partial charge in [-0.05, 0) is 6.92 Å². The fourth-order valence-corrected chi connectivity index (χ4v) is 3.40. The van der Waals surface area contributed by atoms with Crippen molar-refractivity contribution in [2.75, 3.05) is 31.2 Å². The molecule has 1 fully saturated rings. The molecule has 0 saturated carbocycles. The summed E-state index contributed by atoms with van der Waals surface area (Å²) < 4.78 is 27.0. The van der Waals surface area contributed by atoms with Crippen LogP contribution in [0.25, 0.3) is 0 Å². The summed E-state index contributed by atoms with van der Waals surface area (Å²) in [5.74, 6) is -0.260. The van der Waals surface area contributed by atoms with E-state index in [1.807, 2.05) is 0 Å². The lowest BCUT2D eigenvalue weighted by molar-refractivity contribution is 0.150. The Balaban J connectivity index is 2.17. The van der Waals surface area contributed by atoms with Gasteiger partial charge < -0.3 is 20.5 Å². The molecule has 0 aromatic heterocycles. The number of amides is 1. The molecule has 0 aliphatic carbocycles. The average Bonchev–Trinajstić information content (AvgIpc) is 2.47. The first kappa shape index (κ1) is 14.2. The Hall–Kier alpha value is -0.860. The van der Waals surface area contributed by atoms with E-state index in [1.54, 1.807) is 6.92 Å². The van der Waals surface area contributed by atoms with E-state index >= 15 is 0 Å². The summed E-state index contributed by atoms with van der Waals surface area (Å²) >= 11 is 0. The zero-order valence-electron chi connectivity index (χ0n) is 9.68. The van der Waals surface area contributed by atoms with Crippen molar-refractivity contribution in [1.82, 2.24) is 10.6 Å². The van der Waals surface area contributed by atoms with Crippen LogP contribution in [-0.2, 0) is 14.6 Å². The van der Waals surface area contributed by atoms with E-state index in [1.165, 1.54) is 0 Å². The van der Waals surface area contributed by atoms with Gasteiger partial charge in [-0.2, -0.15) is 0 Å². The monoisotopic (exact) mass is 266 g/mol. The molecule has 1 aliphatic rings. The molecule has 0 spiro atoms. The first-order valence-corrected chi connectivity index (χ1v) is 7.29. The van der Waals surface area contributed by atoms with Crippen molar-refractivity contribution in [1.29, 1.82) is 0 Å². The van der Waals surface area contributed by atoms with Crippen LogP contribution in [0.15, 0.2) is 0 Å². The molecule has 0 radical (unpaired) electrons. The van der Waals surface area contributed by atoms with Crippen LogP contribution in [0.3, 0.4) is 0 Å². The fourth-order valence-electron chi connectivity index (χ4n) is 1.63. The maximum absolute atomic E-state index is 11.2. The Kier molecular flexibility index (Phi) is 5.16. The van der Waals surface area contributed by atoms with Crippen LogP contribution in [0.2, 0.25) is 0 Å². The Bertz CT molecular complexity index is 356. The fraction of sp³-hybridized carbons (Fsp3) is 0.889. The third-order valence-electron chi connectivity index (χ3n) is 2.40. The van der Waals surface area contributed by atoms with Crippen LogP contribution < -0.4 is 10.6 Å². The van der Waals surface area contributed by atoms with E-state index in [0.717, 1.165) is 0 Å². The largest absolute Gasteiger partial charge is 0.450 e. The average molecular weight is 266 g/mol. The van der Waals surface area contributed by atoms with Crippen LogP contribution >= 0.6 is 0 Å². The molecule has 0 bridgehead atoms. The Morgan fingerprint density at radius 2 is 2.12 bits per heavy atom. The maximum atomic E-state index is 11.2. The van der Waals surface area contributed by atoms with Gasteiger partial charge in [-0.15, -0.1) is 0 Å². The van der Waals surface area contributed by atoms with Crippen molar-refractivity contribution in [2.45, 2.75) is 19.1 Å². The van der Waals surface area contributed by atoms with Crippen LogP contribution in [0.4, 0.5) is 4.79 Å². The molecule has 100 valence electrons. The molecule has 1 rings (SSSR count). The highest BCUT2D eigenvalue weighted by Crippen LogP contribution is 2.11. The number of aliphatic hydroxyl groups is 1. The number of rotatable bonds is 5. The first-order valence-electron chi connectivity index (χ1n) is 5.47. The summed E-state index contributed by atoms with van der Waals surface area (Å²) in [6, 6.07) is -0.455. The minimum Gasteiger partial charge on any atom is -0.450 e. The van der Waals surface area contributed by atoms with Gasteiger partial charge in [0.25, 0.3) is 0 Å². The quantitative estimate of drug-likeness (QED) is 0.522. The smallest absolute Gasteiger partial charge is 0.407 e. The molecule has 1 amide bonds. The Morgan fingerprint density at radius 3 is 2.65 bits per heavy atom. The molecular formula is C9H18N2O5S. The zero-order chi connectivity index (χ0) is 12.9. The van der Waals surface area contributed by atoms with E-state index in [2.05, 4.69) is 15.4 Å². The summed E-state index contributed by atoms with van der Waals surface area (Å²) in [6.45, 7) is 2.72. The van der Waals surface area contributed by atoms with Crippen molar-refractivity contribution in [3.63, 3.8) is 0 Å². The van der Waals surface area contributed by atoms with Gasteiger partial charge in [-0.25, -0.2) is 13.2 Å². The van der Waals surface area contributed by atoms with Crippen molar-refractivity contribution >= 4 is 15.9 Å². The lowest BCUT2D eigenvalue weighted by Crippen LogP contribution is -2.42. The second kappa shape index (κ2) is 6.18. The van der Waals surface area contributed by atoms with Crippen LogP contribution in [-0.4, -0.2) is 63.0 Å². The van der Waals surface area contributed by atoms with Gasteiger partial charge in [0.15, 0.2) is 9.84 Å². The van der Waals surface area contributed by atoms with Gasteiger partial charge in [0, 0.05) is 19.1 Å². The normalized spacial score (nSPS) is 26.7. The number of hydrogen-bond donors (Lipinski definition) is 3. The number of hydrogen-bond acceptors (Lipinski definition) is 6. The molecular weight excluding hydrogens is 248 g/mol. The summed E-state index contributed by atoms with van der Waals surface area (Å²) in [7, 11) is -3.13. The molecule has 0 aromatic carbocycles. The summed E-state index contributed by atoms with van der Waals surface area (Å²) in [4.78, 5) is 10.9. The molecule has 8 heteroatoms. The van der Waals surface area contributed by atoms with Crippen molar-refractivity contribution < 1.29 is 23.1 Å². The maximum Gasteiger partial charge on any atom is 0.407 e. The van der Waals surface area contributed by atoms with Gasteiger partial charge in [0.05, 0.1) is 24.2 Å². The standard InChI is InChI=1S/C9H18N2O5S/c1-2-16-9(13)11-4-3-10-7-5-17(14,15)6-8(7)12/h7-8,10,12H,2-6H2,1H3,(H,11,13)/t7-,8-/m1/s1. The third-order valence-corrected chi connectivity index (χ3v) is 4.12. The third kappa shape index (κ3) is 4.88. The van der Waals surface area contributed by atoms with E-state index in [9.17, 15) is 18.3 Å². The Morgan fingerprint density at radius 1 is 1.41 bits per heavy atom. The van der Waals surface area contributed by atoms with Crippen molar-refractivity contribution in [2.24, 2.45) is 0 Å². The minimum atomic E-state index is -3.13. The summed E-state index contributed by atoms with van der Waals surface area (Å²) in [5, 5.41) is 14.8. The number of alkyl carbamates (subject to hydrolysis) is 1. The molecule has 0 unspecified atom stereocenters. The lowest BCUT2D eigenvalue weighted by Gasteiger charge is -2.14. The van der Waals surface area contributed by atoms with Crippen LogP contribution in [0, 0.1) is 0 Å². The Labute approximate surface area is 100 Å². The number of ether oxygens (including phenoxy) is 1. The second-order valence-corrected chi connectivity index (χ2v) is 6.01. The van der Waals surface area contributed by atoms with Gasteiger partial charge in [-0.3, -0.25) is 0 Å². The van der Waals surface area contributed by atoms with Gasteiger partial charge in [-0.1, -0.05) is 0 Å². The van der Waals surface area contributed by atoms with E-state index < -0.39 is 28.1 Å². The molecule has 7 nitrogen and oxygen atoms in total. The molecule has 3 N–H and O–H groups in total. The highest BCUT2D eigenvalue weighted by Gasteiger charge is 2.35. The second-order valence-electron chi connectivity index (χ2n) is 3.85. The lowest BCUT2D eigenvalue weighted by atomic mass is 10.2. The minimum absolute atomic E-state index is 0.0619. The molecule has 0 aromatic rings. The molecule has 17 heavy (non-hydrogen) atoms. The molecule has 1 aliphatic heterocycles. The number of carbonyl (C=O) groups excluding carboxylic acids is 1. The van der Waals surface area contributed by atoms with Gasteiger partial charge >= 0.3 is 6.09 Å². The predicted molar refractivity (Wildman–Crippen MR) is 61.5 cm³/mol. The van der Waals surface area contributed by atoms with E-state index in [4.69, 9.17) is 0 Å². The number of carbonyl (C=O) groups is 1. The topological polar surface area (TPSA) is 105 Å². The van der Waals surface area contributed by atoms with Gasteiger partial charge in [0.1, 0.15) is 0 Å². The van der Waals surface area contributed by atoms with Crippen LogP contribution in [0.5, 0.6) is 0 Å². The summed E-state index contributed by atoms with van der Waals surface area (Å²) in [6.07, 6.45) is -1.38. The number of aliphatic hydroxyl groups excluding tert-OH is 1. The SMILES string of the molecule is CCOC(=O)NCCN[C@@H]1CS(=O)(=O)C[C@H]1O. The number of nitrogens with one attached hydrogen (secondary N) is 2. The van der Waals surface area contributed by atoms with Crippen molar-refractivity contribution in [3.05, 3.63) is 0 Å².